The van der Waals surface area contributed by atoms with Gasteiger partial charge in [0.1, 0.15) is 54.4 Å². The van der Waals surface area contributed by atoms with Crippen LogP contribution in [-0.4, -0.2) is 149 Å². The second-order valence-electron chi connectivity index (χ2n) is 22.1. The number of benzene rings is 2. The van der Waals surface area contributed by atoms with Gasteiger partial charge in [0.25, 0.3) is 0 Å². The van der Waals surface area contributed by atoms with Gasteiger partial charge in [-0.3, -0.25) is 43.2 Å². The first-order valence-corrected chi connectivity index (χ1v) is 27.1. The molecule has 2 rings (SSSR count). The van der Waals surface area contributed by atoms with Crippen molar-refractivity contribution in [2.45, 2.75) is 169 Å². The van der Waals surface area contributed by atoms with Crippen molar-refractivity contribution >= 4 is 59.1 Å². The number of amides is 9. The minimum Gasteiger partial charge on any atom is -0.480 e. The SMILES string of the molecule is CC(C)C[C@H](NC(=O)[C@H](CC(C)C)NC(=O)[C@H](Cc1ccccc1)NC(=O)[C@H](CC(C)C)NC(=O)[C@H](Cc1ccccc1)NC(=O)CNC(=O)[C@H](CC(C)C)NC(=O)[C@H](CO)NC(=O)[C@H](CC(C)C)NC(=O)[C@@H](N)CO)C(=O)O. The number of hydrogen-bond acceptors (Lipinski definition) is 13. The molecule has 9 atom stereocenters. The second-order valence-corrected chi connectivity index (χ2v) is 22.1. The summed E-state index contributed by atoms with van der Waals surface area (Å²) in [7, 11) is 0. The van der Waals surface area contributed by atoms with Crippen molar-refractivity contribution in [3.8, 4) is 0 Å². The van der Waals surface area contributed by atoms with E-state index in [1.54, 1.807) is 88.4 Å². The quantitative estimate of drug-likeness (QED) is 0.0436. The Morgan fingerprint density at radius 3 is 1.03 bits per heavy atom. The first kappa shape index (κ1) is 68.1. The summed E-state index contributed by atoms with van der Waals surface area (Å²) in [5, 5.41) is 52.7. The maximum Gasteiger partial charge on any atom is 0.326 e. The zero-order valence-electron chi connectivity index (χ0n) is 47.4. The van der Waals surface area contributed by atoms with Crippen LogP contribution in [0, 0.1) is 29.6 Å². The summed E-state index contributed by atoms with van der Waals surface area (Å²) in [4.78, 5) is 135. The number of carboxylic acids is 1. The molecule has 0 aliphatic heterocycles. The summed E-state index contributed by atoms with van der Waals surface area (Å²) in [5.74, 6) is -9.02. The molecule has 14 N–H and O–H groups in total. The van der Waals surface area contributed by atoms with Gasteiger partial charge in [-0.1, -0.05) is 130 Å². The van der Waals surface area contributed by atoms with Crippen LogP contribution >= 0.6 is 0 Å². The molecule has 23 nitrogen and oxygen atoms in total. The summed E-state index contributed by atoms with van der Waals surface area (Å²) in [6.45, 7) is 15.8. The Morgan fingerprint density at radius 1 is 0.380 bits per heavy atom. The standard InChI is InChI=1S/C56H88N10O13/c1-31(2)21-39(61-55(77)46(30-68)66-52(74)40(22-32(3)4)60-48(70)38(57)29-67)49(71)58-28-47(69)59-43(26-36-17-13-11-14-18-36)53(75)62-41(23-33(5)6)50(72)64-44(27-37-19-15-12-16-20-37)54(76)63-42(24-34(7)8)51(73)65-45(56(78)79)25-35(9)10/h11-20,31-35,38-46,67-68H,21-30,57H2,1-10H3,(H,58,71)(H,59,69)(H,60,70)(H,61,77)(H,62,75)(H,63,76)(H,64,72)(H,65,73)(H,66,74)(H,78,79)/t38-,39-,40-,41-,42-,43-,44-,45-,46-/m0/s1. The van der Waals surface area contributed by atoms with Crippen LogP contribution in [0.15, 0.2) is 60.7 Å². The molecule has 79 heavy (non-hydrogen) atoms. The molecular formula is C56H88N10O13. The predicted molar refractivity (Wildman–Crippen MR) is 296 cm³/mol. The Morgan fingerprint density at radius 2 is 0.671 bits per heavy atom. The smallest absolute Gasteiger partial charge is 0.326 e. The molecule has 0 saturated carbocycles. The van der Waals surface area contributed by atoms with Gasteiger partial charge in [0, 0.05) is 12.8 Å². The molecule has 0 aliphatic rings. The van der Waals surface area contributed by atoms with Gasteiger partial charge in [-0.2, -0.15) is 0 Å². The number of carboxylic acid groups (broad SMARTS) is 1. The van der Waals surface area contributed by atoms with Crippen LogP contribution < -0.4 is 53.6 Å². The fraction of sp³-hybridized carbons (Fsp3) is 0.607. The predicted octanol–water partition coefficient (Wildman–Crippen LogP) is 0.0934. The number of nitrogens with one attached hydrogen (secondary N) is 9. The third-order valence-electron chi connectivity index (χ3n) is 12.3. The average molecular weight is 1110 g/mol. The number of carbonyl (C=O) groups excluding carboxylic acids is 9. The molecule has 2 aromatic carbocycles. The van der Waals surface area contributed by atoms with Gasteiger partial charge < -0.3 is 68.9 Å². The van der Waals surface area contributed by atoms with Crippen LogP contribution in [0.2, 0.25) is 0 Å². The van der Waals surface area contributed by atoms with E-state index in [9.17, 15) is 63.3 Å². The highest BCUT2D eigenvalue weighted by Gasteiger charge is 2.35. The molecule has 0 radical (unpaired) electrons. The molecule has 0 spiro atoms. The first-order valence-electron chi connectivity index (χ1n) is 27.1. The monoisotopic (exact) mass is 1110 g/mol. The normalized spacial score (nSPS) is 14.8. The molecule has 23 heteroatoms. The third-order valence-corrected chi connectivity index (χ3v) is 12.3. The molecule has 0 bridgehead atoms. The highest BCUT2D eigenvalue weighted by molar-refractivity contribution is 5.98. The van der Waals surface area contributed by atoms with E-state index in [1.165, 1.54) is 0 Å². The molecule has 2 aromatic rings. The van der Waals surface area contributed by atoms with E-state index < -0.39 is 133 Å². The van der Waals surface area contributed by atoms with Gasteiger partial charge >= 0.3 is 5.97 Å². The Bertz CT molecular complexity index is 2300. The minimum atomic E-state index is -1.57. The van der Waals surface area contributed by atoms with Crippen LogP contribution in [0.5, 0.6) is 0 Å². The van der Waals surface area contributed by atoms with Crippen molar-refractivity contribution in [2.75, 3.05) is 19.8 Å². The molecule has 440 valence electrons. The average Bonchev–Trinajstić information content (AvgIpc) is 3.37. The Labute approximate surface area is 464 Å². The molecule has 9 amide bonds. The van der Waals surface area contributed by atoms with E-state index >= 15 is 0 Å². The number of aliphatic hydroxyl groups excluding tert-OH is 2. The lowest BCUT2D eigenvalue weighted by molar-refractivity contribution is -0.143. The number of aliphatic hydroxyl groups is 2. The summed E-state index contributed by atoms with van der Waals surface area (Å²) in [6, 6.07) is 5.92. The van der Waals surface area contributed by atoms with E-state index in [0.717, 1.165) is 0 Å². The third kappa shape index (κ3) is 26.0. The highest BCUT2D eigenvalue weighted by Crippen LogP contribution is 2.14. The van der Waals surface area contributed by atoms with Crippen molar-refractivity contribution in [2.24, 2.45) is 35.3 Å². The van der Waals surface area contributed by atoms with Crippen molar-refractivity contribution in [3.63, 3.8) is 0 Å². The zero-order chi connectivity index (χ0) is 59.5. The molecule has 0 aromatic heterocycles. The van der Waals surface area contributed by atoms with E-state index in [-0.39, 0.29) is 74.5 Å². The maximum atomic E-state index is 14.4. The Balaban J connectivity index is 2.37. The van der Waals surface area contributed by atoms with Crippen LogP contribution in [-0.2, 0) is 60.8 Å². The summed E-state index contributed by atoms with van der Waals surface area (Å²) < 4.78 is 0. The fourth-order valence-corrected chi connectivity index (χ4v) is 8.35. The lowest BCUT2D eigenvalue weighted by Crippen LogP contribution is -2.60. The number of carbonyl (C=O) groups is 10. The van der Waals surface area contributed by atoms with Crippen molar-refractivity contribution in [1.29, 1.82) is 0 Å². The van der Waals surface area contributed by atoms with Crippen LogP contribution in [0.3, 0.4) is 0 Å². The number of aliphatic carboxylic acids is 1. The van der Waals surface area contributed by atoms with Crippen molar-refractivity contribution < 1.29 is 63.3 Å². The minimum absolute atomic E-state index is 0.0248. The topological polar surface area (TPSA) is 366 Å². The first-order chi connectivity index (χ1) is 37.1. The second kappa shape index (κ2) is 34.8. The zero-order valence-corrected chi connectivity index (χ0v) is 47.4. The van der Waals surface area contributed by atoms with Crippen molar-refractivity contribution in [3.05, 3.63) is 71.8 Å². The highest BCUT2D eigenvalue weighted by atomic mass is 16.4. The van der Waals surface area contributed by atoms with Crippen molar-refractivity contribution in [1.82, 2.24) is 47.9 Å². The van der Waals surface area contributed by atoms with Crippen LogP contribution in [0.25, 0.3) is 0 Å². The van der Waals surface area contributed by atoms with Gasteiger partial charge in [0.15, 0.2) is 0 Å². The number of rotatable bonds is 35. The van der Waals surface area contributed by atoms with Gasteiger partial charge in [0.2, 0.25) is 53.2 Å². The largest absolute Gasteiger partial charge is 0.480 e. The van der Waals surface area contributed by atoms with Gasteiger partial charge in [-0.25, -0.2) is 4.79 Å². The summed E-state index contributed by atoms with van der Waals surface area (Å²) in [6.07, 6.45) is 0.483. The summed E-state index contributed by atoms with van der Waals surface area (Å²) in [5.41, 5.74) is 6.90. The van der Waals surface area contributed by atoms with Crippen LogP contribution in [0.1, 0.15) is 112 Å². The van der Waals surface area contributed by atoms with Gasteiger partial charge in [0.05, 0.1) is 19.8 Å². The molecule has 0 aliphatic carbocycles. The molecular weight excluding hydrogens is 1020 g/mol. The summed E-state index contributed by atoms with van der Waals surface area (Å²) >= 11 is 0. The van der Waals surface area contributed by atoms with E-state index in [0.29, 0.717) is 11.1 Å². The Hall–Kier alpha value is -6.98. The molecule has 0 fully saturated rings. The lowest BCUT2D eigenvalue weighted by atomic mass is 9.98. The van der Waals surface area contributed by atoms with E-state index in [4.69, 9.17) is 5.73 Å². The fourth-order valence-electron chi connectivity index (χ4n) is 8.35. The molecule has 0 heterocycles. The number of hydrogen-bond donors (Lipinski definition) is 13. The Kier molecular flexibility index (Phi) is 30.0. The van der Waals surface area contributed by atoms with Crippen LogP contribution in [0.4, 0.5) is 0 Å². The maximum absolute atomic E-state index is 14.4. The lowest BCUT2D eigenvalue weighted by Gasteiger charge is -2.28. The molecule has 0 saturated heterocycles. The molecule has 0 unspecified atom stereocenters. The van der Waals surface area contributed by atoms with E-state index in [2.05, 4.69) is 47.9 Å². The van der Waals surface area contributed by atoms with Gasteiger partial charge in [-0.15, -0.1) is 0 Å². The van der Waals surface area contributed by atoms with E-state index in [1.807, 2.05) is 41.5 Å². The number of nitrogens with two attached hydrogens (primary N) is 1. The van der Waals surface area contributed by atoms with Gasteiger partial charge in [-0.05, 0) is 72.8 Å².